The van der Waals surface area contributed by atoms with Gasteiger partial charge in [-0.3, -0.25) is 9.59 Å². The van der Waals surface area contributed by atoms with Gasteiger partial charge >= 0.3 is 0 Å². The van der Waals surface area contributed by atoms with Crippen molar-refractivity contribution in [2.24, 2.45) is 0 Å². The largest absolute Gasteiger partial charge is 0.375 e. The van der Waals surface area contributed by atoms with Gasteiger partial charge in [0.05, 0.1) is 22.8 Å². The van der Waals surface area contributed by atoms with E-state index in [1.807, 2.05) is 4.90 Å². The monoisotopic (exact) mass is 422 g/mol. The predicted molar refractivity (Wildman–Crippen MR) is 106 cm³/mol. The highest BCUT2D eigenvalue weighted by Gasteiger charge is 2.49. The Balaban J connectivity index is 1.63. The number of rotatable bonds is 4. The minimum atomic E-state index is -2.17. The van der Waals surface area contributed by atoms with E-state index >= 15 is 0 Å². The fourth-order valence-corrected chi connectivity index (χ4v) is 4.33. The van der Waals surface area contributed by atoms with Crippen LogP contribution in [0.4, 0.5) is 15.8 Å². The first-order valence-electron chi connectivity index (χ1n) is 8.91. The highest BCUT2D eigenvalue weighted by atomic mass is 35.5. The van der Waals surface area contributed by atoms with Crippen molar-refractivity contribution in [2.75, 3.05) is 23.3 Å². The molecule has 1 saturated heterocycles. The second-order valence-electron chi connectivity index (χ2n) is 7.05. The van der Waals surface area contributed by atoms with E-state index in [9.17, 15) is 19.1 Å². The smallest absolute Gasteiger partial charge is 0.261 e. The van der Waals surface area contributed by atoms with Crippen LogP contribution in [0.5, 0.6) is 0 Å². The van der Waals surface area contributed by atoms with E-state index in [-0.39, 0.29) is 26.9 Å². The van der Waals surface area contributed by atoms with Gasteiger partial charge in [0.1, 0.15) is 5.82 Å². The molecule has 2 heterocycles. The minimum absolute atomic E-state index is 0.0641. The number of hydrogen-bond donors (Lipinski definition) is 2. The van der Waals surface area contributed by atoms with Crippen LogP contribution in [0.3, 0.4) is 0 Å². The molecule has 2 aliphatic rings. The predicted octanol–water partition coefficient (Wildman–Crippen LogP) is 4.15. The fourth-order valence-electron chi connectivity index (χ4n) is 3.81. The summed E-state index contributed by atoms with van der Waals surface area (Å²) in [6.45, 7) is 1.56. The molecule has 5 nitrogen and oxygen atoms in total. The van der Waals surface area contributed by atoms with Gasteiger partial charge in [0.25, 0.3) is 5.91 Å². The van der Waals surface area contributed by atoms with Crippen molar-refractivity contribution in [1.82, 2.24) is 0 Å². The van der Waals surface area contributed by atoms with Crippen LogP contribution in [-0.2, 0) is 10.4 Å². The van der Waals surface area contributed by atoms with E-state index in [1.54, 1.807) is 6.07 Å². The van der Waals surface area contributed by atoms with Crippen LogP contribution in [0.1, 0.15) is 35.2 Å². The van der Waals surface area contributed by atoms with Crippen LogP contribution in [0, 0.1) is 5.82 Å². The van der Waals surface area contributed by atoms with Crippen molar-refractivity contribution in [3.63, 3.8) is 0 Å². The van der Waals surface area contributed by atoms with Crippen LogP contribution in [-0.4, -0.2) is 29.9 Å². The van der Waals surface area contributed by atoms with Gasteiger partial charge in [0, 0.05) is 29.2 Å². The molecule has 4 rings (SSSR count). The molecular weight excluding hydrogens is 406 g/mol. The molecule has 2 aromatic carbocycles. The first-order valence-corrected chi connectivity index (χ1v) is 9.67. The number of fused-ring (bicyclic) bond motifs is 1. The van der Waals surface area contributed by atoms with Gasteiger partial charge < -0.3 is 15.3 Å². The zero-order valence-electron chi connectivity index (χ0n) is 14.8. The lowest BCUT2D eigenvalue weighted by Crippen LogP contribution is -2.36. The number of carbonyl (C=O) groups excluding carboxylic acids is 2. The lowest BCUT2D eigenvalue weighted by atomic mass is 9.88. The highest BCUT2D eigenvalue weighted by Crippen LogP contribution is 2.46. The molecule has 1 fully saturated rings. The van der Waals surface area contributed by atoms with E-state index in [1.165, 1.54) is 18.2 Å². The Kier molecular flexibility index (Phi) is 4.81. The molecule has 0 aromatic heterocycles. The summed E-state index contributed by atoms with van der Waals surface area (Å²) >= 11 is 12.2. The topological polar surface area (TPSA) is 69.6 Å². The summed E-state index contributed by atoms with van der Waals surface area (Å²) < 4.78 is 14.5. The van der Waals surface area contributed by atoms with Crippen molar-refractivity contribution >= 4 is 46.3 Å². The first kappa shape index (κ1) is 19.2. The molecule has 0 spiro atoms. The Bertz CT molecular complexity index is 992. The molecule has 0 radical (unpaired) electrons. The van der Waals surface area contributed by atoms with Crippen LogP contribution in [0.25, 0.3) is 0 Å². The Hall–Kier alpha value is -2.15. The summed E-state index contributed by atoms with van der Waals surface area (Å²) in [5.74, 6) is -1.87. The molecular formula is C20H17Cl2FN2O3. The Labute approximate surface area is 171 Å². The molecule has 0 bridgehead atoms. The number of Topliss-reactive ketones (excluding diaryl/α,β-unsaturated/α-hetero) is 1. The number of aliphatic hydroxyl groups is 1. The molecule has 2 N–H and O–H groups in total. The minimum Gasteiger partial charge on any atom is -0.375 e. The van der Waals surface area contributed by atoms with Gasteiger partial charge in [-0.15, -0.1) is 0 Å². The maximum atomic E-state index is 14.5. The van der Waals surface area contributed by atoms with Crippen molar-refractivity contribution in [3.05, 3.63) is 57.3 Å². The highest BCUT2D eigenvalue weighted by molar-refractivity contribution is 6.38. The summed E-state index contributed by atoms with van der Waals surface area (Å²) in [6.07, 6.45) is 1.43. The van der Waals surface area contributed by atoms with Crippen molar-refractivity contribution in [1.29, 1.82) is 0 Å². The van der Waals surface area contributed by atoms with Gasteiger partial charge in [0.15, 0.2) is 11.4 Å². The SMILES string of the molecule is O=C(C[C@]1(O)C(=O)Nc2c(Cl)ccc(Cl)c21)c1ccc(N2CCCC2)c(F)c1. The summed E-state index contributed by atoms with van der Waals surface area (Å²) in [4.78, 5) is 27.1. The third-order valence-corrected chi connectivity index (χ3v) is 5.89. The molecule has 2 aromatic rings. The molecule has 8 heteroatoms. The maximum absolute atomic E-state index is 14.5. The van der Waals surface area contributed by atoms with Gasteiger partial charge in [-0.25, -0.2) is 4.39 Å². The van der Waals surface area contributed by atoms with E-state index in [2.05, 4.69) is 5.32 Å². The second-order valence-corrected chi connectivity index (χ2v) is 7.87. The number of benzene rings is 2. The van der Waals surface area contributed by atoms with Crippen molar-refractivity contribution < 1.29 is 19.1 Å². The zero-order valence-corrected chi connectivity index (χ0v) is 16.3. The van der Waals surface area contributed by atoms with Crippen molar-refractivity contribution in [2.45, 2.75) is 24.9 Å². The number of hydrogen-bond acceptors (Lipinski definition) is 4. The van der Waals surface area contributed by atoms with Crippen LogP contribution in [0.2, 0.25) is 10.0 Å². The lowest BCUT2D eigenvalue weighted by Gasteiger charge is -2.22. The summed E-state index contributed by atoms with van der Waals surface area (Å²) in [5, 5.41) is 13.8. The Morgan fingerprint density at radius 3 is 2.54 bits per heavy atom. The standard InChI is InChI=1S/C20H17Cl2FN2O3/c21-12-4-5-13(22)18-17(12)20(28,19(27)24-18)10-16(26)11-3-6-15(14(23)9-11)25-7-1-2-8-25/h3-6,9,28H,1-2,7-8,10H2,(H,24,27)/t20-/m1/s1. The fraction of sp³-hybridized carbons (Fsp3) is 0.300. The third-order valence-electron chi connectivity index (χ3n) is 5.26. The molecule has 0 aliphatic carbocycles. The summed E-state index contributed by atoms with van der Waals surface area (Å²) in [6, 6.07) is 7.15. The van der Waals surface area contributed by atoms with Crippen LogP contribution >= 0.6 is 23.2 Å². The third kappa shape index (κ3) is 3.05. The zero-order chi connectivity index (χ0) is 20.1. The molecule has 0 saturated carbocycles. The second kappa shape index (κ2) is 7.03. The molecule has 2 aliphatic heterocycles. The average molecular weight is 423 g/mol. The number of amides is 1. The first-order chi connectivity index (χ1) is 13.3. The molecule has 146 valence electrons. The van der Waals surface area contributed by atoms with Gasteiger partial charge in [0.2, 0.25) is 0 Å². The van der Waals surface area contributed by atoms with Crippen molar-refractivity contribution in [3.8, 4) is 0 Å². The van der Waals surface area contributed by atoms with Gasteiger partial charge in [-0.2, -0.15) is 0 Å². The van der Waals surface area contributed by atoms with E-state index in [0.717, 1.165) is 32.0 Å². The van der Waals surface area contributed by atoms with Gasteiger partial charge in [-0.05, 0) is 43.2 Å². The normalized spacial score (nSPS) is 21.0. The number of halogens is 3. The van der Waals surface area contributed by atoms with Gasteiger partial charge in [-0.1, -0.05) is 23.2 Å². The average Bonchev–Trinajstić information content (AvgIpc) is 3.26. The van der Waals surface area contributed by atoms with E-state index in [0.29, 0.717) is 5.69 Å². The Morgan fingerprint density at radius 2 is 1.86 bits per heavy atom. The summed E-state index contributed by atoms with van der Waals surface area (Å²) in [5.41, 5.74) is -1.39. The number of carbonyl (C=O) groups is 2. The summed E-state index contributed by atoms with van der Waals surface area (Å²) in [7, 11) is 0. The quantitative estimate of drug-likeness (QED) is 0.726. The number of ketones is 1. The number of nitrogens with zero attached hydrogens (tertiary/aromatic N) is 1. The molecule has 28 heavy (non-hydrogen) atoms. The van der Waals surface area contributed by atoms with E-state index < -0.39 is 29.5 Å². The molecule has 1 atom stereocenters. The van der Waals surface area contributed by atoms with Crippen LogP contribution in [0.15, 0.2) is 30.3 Å². The van der Waals surface area contributed by atoms with Crippen LogP contribution < -0.4 is 10.2 Å². The number of nitrogens with one attached hydrogen (secondary N) is 1. The van der Waals surface area contributed by atoms with E-state index in [4.69, 9.17) is 23.2 Å². The molecule has 1 amide bonds. The Morgan fingerprint density at radius 1 is 1.18 bits per heavy atom. The molecule has 0 unspecified atom stereocenters. The number of anilines is 2. The lowest BCUT2D eigenvalue weighted by molar-refractivity contribution is -0.133. The maximum Gasteiger partial charge on any atom is 0.261 e.